The zero-order valence-corrected chi connectivity index (χ0v) is 16.9. The van der Waals surface area contributed by atoms with Crippen LogP contribution in [0, 0.1) is 0 Å². The highest BCUT2D eigenvalue weighted by atomic mass is 16.5. The lowest BCUT2D eigenvalue weighted by atomic mass is 9.88. The van der Waals surface area contributed by atoms with Crippen LogP contribution in [0.5, 0.6) is 0 Å². The van der Waals surface area contributed by atoms with Gasteiger partial charge < -0.3 is 15.0 Å². The molecule has 1 aromatic carbocycles. The molecule has 0 spiro atoms. The number of anilines is 1. The minimum absolute atomic E-state index is 0.111. The molecule has 30 heavy (non-hydrogen) atoms. The van der Waals surface area contributed by atoms with Crippen LogP contribution in [0.15, 0.2) is 36.9 Å². The normalized spacial score (nSPS) is 17.6. The summed E-state index contributed by atoms with van der Waals surface area (Å²) < 4.78 is 6.91. The Morgan fingerprint density at radius 2 is 2.17 bits per heavy atom. The number of carbonyl (C=O) groups is 3. The van der Waals surface area contributed by atoms with Crippen LogP contribution in [0.4, 0.5) is 5.69 Å². The van der Waals surface area contributed by atoms with Gasteiger partial charge in [-0.15, -0.1) is 6.58 Å². The molecule has 0 aliphatic carbocycles. The van der Waals surface area contributed by atoms with E-state index in [4.69, 9.17) is 4.74 Å². The number of hydrogen-bond acceptors (Lipinski definition) is 5. The van der Waals surface area contributed by atoms with Crippen molar-refractivity contribution in [3.05, 3.63) is 59.4 Å². The highest BCUT2D eigenvalue weighted by Gasteiger charge is 2.36. The fourth-order valence-corrected chi connectivity index (χ4v) is 4.17. The summed E-state index contributed by atoms with van der Waals surface area (Å²) in [4.78, 5) is 39.7. The molecule has 8 nitrogen and oxygen atoms in total. The van der Waals surface area contributed by atoms with Crippen LogP contribution in [0.3, 0.4) is 0 Å². The number of carbonyl (C=O) groups excluding carboxylic acids is 3. The molecule has 3 heterocycles. The molecule has 2 amide bonds. The summed E-state index contributed by atoms with van der Waals surface area (Å²) in [5, 5.41) is 7.25. The Labute approximate surface area is 174 Å². The first-order chi connectivity index (χ1) is 14.5. The average molecular weight is 408 g/mol. The summed E-state index contributed by atoms with van der Waals surface area (Å²) in [6, 6.07) is 7.37. The third kappa shape index (κ3) is 3.49. The van der Waals surface area contributed by atoms with E-state index in [0.29, 0.717) is 30.8 Å². The maximum atomic E-state index is 13.4. The number of hydrogen-bond donors (Lipinski definition) is 1. The minimum Gasteiger partial charge on any atom is -0.461 e. The first kappa shape index (κ1) is 19.9. The molecule has 0 saturated heterocycles. The molecule has 1 aromatic heterocycles. The number of ether oxygens (including phenoxy) is 1. The van der Waals surface area contributed by atoms with Crippen LogP contribution in [0.1, 0.15) is 46.6 Å². The van der Waals surface area contributed by atoms with Gasteiger partial charge >= 0.3 is 5.97 Å². The van der Waals surface area contributed by atoms with E-state index in [9.17, 15) is 14.4 Å². The predicted octanol–water partition coefficient (Wildman–Crippen LogP) is 2.26. The molecule has 1 unspecified atom stereocenters. The quantitative estimate of drug-likeness (QED) is 0.605. The van der Waals surface area contributed by atoms with E-state index < -0.39 is 11.9 Å². The van der Waals surface area contributed by atoms with Crippen LogP contribution in [0.2, 0.25) is 0 Å². The van der Waals surface area contributed by atoms with Crippen molar-refractivity contribution in [1.29, 1.82) is 0 Å². The molecule has 2 aliphatic heterocycles. The van der Waals surface area contributed by atoms with Crippen molar-refractivity contribution < 1.29 is 19.1 Å². The lowest BCUT2D eigenvalue weighted by Crippen LogP contribution is -2.41. The summed E-state index contributed by atoms with van der Waals surface area (Å²) in [7, 11) is 0. The summed E-state index contributed by atoms with van der Waals surface area (Å²) >= 11 is 0. The van der Waals surface area contributed by atoms with Crippen molar-refractivity contribution in [1.82, 2.24) is 14.7 Å². The molecular formula is C22H24N4O4. The summed E-state index contributed by atoms with van der Waals surface area (Å²) in [5.41, 5.74) is 3.37. The van der Waals surface area contributed by atoms with E-state index in [-0.39, 0.29) is 37.1 Å². The third-order valence-electron chi connectivity index (χ3n) is 5.51. The van der Waals surface area contributed by atoms with Crippen molar-refractivity contribution in [2.75, 3.05) is 18.5 Å². The van der Waals surface area contributed by atoms with Gasteiger partial charge in [0.25, 0.3) is 0 Å². The molecule has 2 aromatic rings. The zero-order valence-electron chi connectivity index (χ0n) is 16.9. The second kappa shape index (κ2) is 8.14. The Balaban J connectivity index is 1.64. The lowest BCUT2D eigenvalue weighted by molar-refractivity contribution is -0.135. The molecule has 4 rings (SSSR count). The van der Waals surface area contributed by atoms with Crippen molar-refractivity contribution in [3.8, 4) is 0 Å². The molecule has 0 bridgehead atoms. The topological polar surface area (TPSA) is 93.5 Å². The van der Waals surface area contributed by atoms with E-state index in [1.165, 1.54) is 0 Å². The van der Waals surface area contributed by atoms with Crippen molar-refractivity contribution in [3.63, 3.8) is 0 Å². The van der Waals surface area contributed by atoms with Crippen LogP contribution >= 0.6 is 0 Å². The van der Waals surface area contributed by atoms with Crippen LogP contribution < -0.4 is 5.32 Å². The molecule has 0 radical (unpaired) electrons. The van der Waals surface area contributed by atoms with Gasteiger partial charge in [0.05, 0.1) is 19.1 Å². The summed E-state index contributed by atoms with van der Waals surface area (Å²) in [6.45, 7) is 6.98. The SMILES string of the molecule is C=CCn1nc(C(=O)OCC)c2c1CCN(C(=O)C1CC(=O)Nc3ccccc31)C2. The molecule has 156 valence electrons. The maximum Gasteiger partial charge on any atom is 0.359 e. The fraction of sp³-hybridized carbons (Fsp3) is 0.364. The summed E-state index contributed by atoms with van der Waals surface area (Å²) in [5.74, 6) is -1.32. The Morgan fingerprint density at radius 1 is 1.37 bits per heavy atom. The number of rotatable bonds is 5. The van der Waals surface area contributed by atoms with Crippen molar-refractivity contribution in [2.24, 2.45) is 0 Å². The second-order valence-corrected chi connectivity index (χ2v) is 7.37. The van der Waals surface area contributed by atoms with Gasteiger partial charge in [-0.25, -0.2) is 4.79 Å². The van der Waals surface area contributed by atoms with E-state index >= 15 is 0 Å². The van der Waals surface area contributed by atoms with Crippen molar-refractivity contribution >= 4 is 23.5 Å². The van der Waals surface area contributed by atoms with Gasteiger partial charge in [-0.05, 0) is 18.6 Å². The number of para-hydroxylation sites is 1. The average Bonchev–Trinajstić information content (AvgIpc) is 3.11. The molecule has 0 saturated carbocycles. The lowest BCUT2D eigenvalue weighted by Gasteiger charge is -2.33. The van der Waals surface area contributed by atoms with E-state index in [2.05, 4.69) is 17.0 Å². The van der Waals surface area contributed by atoms with Crippen LogP contribution in [-0.4, -0.2) is 45.6 Å². The first-order valence-electron chi connectivity index (χ1n) is 10.1. The molecule has 2 aliphatic rings. The van der Waals surface area contributed by atoms with Crippen LogP contribution in [0.25, 0.3) is 0 Å². The molecule has 0 fully saturated rings. The maximum absolute atomic E-state index is 13.4. The molecule has 8 heteroatoms. The molecular weight excluding hydrogens is 384 g/mol. The highest BCUT2D eigenvalue weighted by Crippen LogP contribution is 2.35. The van der Waals surface area contributed by atoms with Gasteiger partial charge in [-0.3, -0.25) is 14.3 Å². The Morgan fingerprint density at radius 3 is 2.93 bits per heavy atom. The fourth-order valence-electron chi connectivity index (χ4n) is 4.17. The number of amides is 2. The molecule has 1 N–H and O–H groups in total. The number of benzene rings is 1. The van der Waals surface area contributed by atoms with E-state index in [0.717, 1.165) is 11.3 Å². The van der Waals surface area contributed by atoms with Gasteiger partial charge in [-0.2, -0.15) is 5.10 Å². The number of nitrogens with zero attached hydrogens (tertiary/aromatic N) is 3. The van der Waals surface area contributed by atoms with Gasteiger partial charge in [0, 0.05) is 42.9 Å². The first-order valence-corrected chi connectivity index (χ1v) is 10.1. The summed E-state index contributed by atoms with van der Waals surface area (Å²) in [6.07, 6.45) is 2.40. The number of allylic oxidation sites excluding steroid dienone is 1. The number of aromatic nitrogens is 2. The van der Waals surface area contributed by atoms with E-state index in [1.807, 2.05) is 18.2 Å². The second-order valence-electron chi connectivity index (χ2n) is 7.37. The monoisotopic (exact) mass is 408 g/mol. The zero-order chi connectivity index (χ0) is 21.3. The van der Waals surface area contributed by atoms with Gasteiger partial charge in [0.15, 0.2) is 5.69 Å². The van der Waals surface area contributed by atoms with Crippen LogP contribution in [-0.2, 0) is 33.8 Å². The number of esters is 1. The highest BCUT2D eigenvalue weighted by molar-refractivity contribution is 6.01. The van der Waals surface area contributed by atoms with Gasteiger partial charge in [-0.1, -0.05) is 24.3 Å². The van der Waals surface area contributed by atoms with E-state index in [1.54, 1.807) is 28.6 Å². The largest absolute Gasteiger partial charge is 0.461 e. The Hall–Kier alpha value is -3.42. The third-order valence-corrected chi connectivity index (χ3v) is 5.51. The number of fused-ring (bicyclic) bond motifs is 2. The standard InChI is InChI=1S/C22H24N4O4/c1-3-10-26-18-9-11-25(13-16(18)20(24-26)22(29)30-4-2)21(28)15-12-19(27)23-17-8-6-5-7-14(15)17/h3,5-8,15H,1,4,9-13H2,2H3,(H,23,27). The van der Waals surface area contributed by atoms with Gasteiger partial charge in [0.1, 0.15) is 0 Å². The smallest absolute Gasteiger partial charge is 0.359 e. The Kier molecular flexibility index (Phi) is 5.39. The Bertz CT molecular complexity index is 1030. The number of nitrogens with one attached hydrogen (secondary N) is 1. The van der Waals surface area contributed by atoms with Gasteiger partial charge in [0.2, 0.25) is 11.8 Å². The minimum atomic E-state index is -0.536. The molecule has 1 atom stereocenters. The van der Waals surface area contributed by atoms with Crippen molar-refractivity contribution in [2.45, 2.75) is 38.8 Å². The predicted molar refractivity (Wildman–Crippen MR) is 110 cm³/mol.